The second kappa shape index (κ2) is 23.1. The van der Waals surface area contributed by atoms with Gasteiger partial charge in [-0.15, -0.1) is 0 Å². The average Bonchev–Trinajstić information content (AvgIpc) is 2.72. The third-order valence-corrected chi connectivity index (χ3v) is 6.15. The van der Waals surface area contributed by atoms with Gasteiger partial charge in [0.15, 0.2) is 0 Å². The van der Waals surface area contributed by atoms with Crippen LogP contribution in [0, 0.1) is 0 Å². The van der Waals surface area contributed by atoms with E-state index in [2.05, 4.69) is 6.92 Å². The van der Waals surface area contributed by atoms with Crippen LogP contribution in [0.5, 0.6) is 0 Å². The Bertz CT molecular complexity index is 359. The van der Waals surface area contributed by atoms with Gasteiger partial charge in [0.05, 0.1) is 12.2 Å². The molecule has 0 aliphatic carbocycles. The summed E-state index contributed by atoms with van der Waals surface area (Å²) in [4.78, 5) is 10.4. The van der Waals surface area contributed by atoms with E-state index < -0.39 is 5.97 Å². The van der Waals surface area contributed by atoms with Crippen LogP contribution >= 0.6 is 0 Å². The molecule has 0 aromatic carbocycles. The molecule has 0 heterocycles. The molecule has 0 bridgehead atoms. The largest absolute Gasteiger partial charge is 0.481 e. The lowest BCUT2D eigenvalue weighted by Gasteiger charge is -2.14. The highest BCUT2D eigenvalue weighted by Gasteiger charge is 2.09. The van der Waals surface area contributed by atoms with Crippen LogP contribution in [-0.2, 0) is 4.79 Å². The average molecular weight is 429 g/mol. The summed E-state index contributed by atoms with van der Waals surface area (Å²) in [6, 6.07) is 0. The van der Waals surface area contributed by atoms with Gasteiger partial charge in [-0.2, -0.15) is 0 Å². The molecule has 180 valence electrons. The zero-order valence-corrected chi connectivity index (χ0v) is 20.0. The Morgan fingerprint density at radius 1 is 0.533 bits per heavy atom. The zero-order chi connectivity index (χ0) is 22.3. The number of aliphatic carboxylic acids is 1. The van der Waals surface area contributed by atoms with Gasteiger partial charge in [0.25, 0.3) is 0 Å². The first-order valence-electron chi connectivity index (χ1n) is 13.1. The second-order valence-electron chi connectivity index (χ2n) is 9.26. The maximum atomic E-state index is 10.4. The fraction of sp³-hybridized carbons (Fsp3) is 0.962. The standard InChI is InChI=1S/C26H52O4/c1-2-3-4-5-10-13-16-19-24(27)22-23-25(28)20-17-14-11-8-6-7-9-12-15-18-21-26(29)30/h24-25,27-28H,2-23H2,1H3,(H,29,30). The van der Waals surface area contributed by atoms with E-state index in [1.807, 2.05) is 0 Å². The van der Waals surface area contributed by atoms with Crippen LogP contribution in [0.25, 0.3) is 0 Å². The van der Waals surface area contributed by atoms with Crippen molar-refractivity contribution < 1.29 is 20.1 Å². The molecule has 0 saturated heterocycles. The monoisotopic (exact) mass is 428 g/mol. The number of unbranched alkanes of at least 4 members (excludes halogenated alkanes) is 15. The molecular formula is C26H52O4. The fourth-order valence-corrected chi connectivity index (χ4v) is 4.08. The van der Waals surface area contributed by atoms with Crippen LogP contribution in [0.2, 0.25) is 0 Å². The lowest BCUT2D eigenvalue weighted by Crippen LogP contribution is -2.13. The van der Waals surface area contributed by atoms with Gasteiger partial charge in [-0.3, -0.25) is 4.79 Å². The van der Waals surface area contributed by atoms with E-state index in [-0.39, 0.29) is 12.2 Å². The lowest BCUT2D eigenvalue weighted by molar-refractivity contribution is -0.137. The molecule has 4 heteroatoms. The minimum absolute atomic E-state index is 0.237. The van der Waals surface area contributed by atoms with E-state index in [9.17, 15) is 15.0 Å². The van der Waals surface area contributed by atoms with Crippen molar-refractivity contribution in [1.82, 2.24) is 0 Å². The van der Waals surface area contributed by atoms with Crippen molar-refractivity contribution in [1.29, 1.82) is 0 Å². The molecule has 0 saturated carbocycles. The number of rotatable bonds is 24. The van der Waals surface area contributed by atoms with Gasteiger partial charge in [-0.25, -0.2) is 0 Å². The topological polar surface area (TPSA) is 77.8 Å². The predicted octanol–water partition coefficient (Wildman–Crippen LogP) is 7.39. The maximum Gasteiger partial charge on any atom is 0.303 e. The van der Waals surface area contributed by atoms with Gasteiger partial charge in [0, 0.05) is 6.42 Å². The number of aliphatic hydroxyl groups excluding tert-OH is 2. The van der Waals surface area contributed by atoms with Crippen LogP contribution in [0.3, 0.4) is 0 Å². The molecule has 0 spiro atoms. The molecule has 2 atom stereocenters. The predicted molar refractivity (Wildman–Crippen MR) is 127 cm³/mol. The van der Waals surface area contributed by atoms with Crippen LogP contribution in [0.1, 0.15) is 148 Å². The molecule has 4 nitrogen and oxygen atoms in total. The zero-order valence-electron chi connectivity index (χ0n) is 20.0. The molecule has 3 N–H and O–H groups in total. The number of aliphatic hydroxyl groups is 2. The third kappa shape index (κ3) is 23.7. The SMILES string of the molecule is CCCCCCCCCC(O)CCC(O)CCCCCCCCCCCCC(=O)O. The molecule has 2 unspecified atom stereocenters. The summed E-state index contributed by atoms with van der Waals surface area (Å²) in [7, 11) is 0. The number of hydrogen-bond donors (Lipinski definition) is 3. The number of carboxylic acid groups (broad SMARTS) is 1. The molecule has 0 amide bonds. The Balaban J connectivity index is 3.29. The van der Waals surface area contributed by atoms with Gasteiger partial charge in [-0.05, 0) is 32.1 Å². The van der Waals surface area contributed by atoms with Gasteiger partial charge in [0.2, 0.25) is 0 Å². The van der Waals surface area contributed by atoms with Crippen molar-refractivity contribution in [2.45, 2.75) is 160 Å². The highest BCUT2D eigenvalue weighted by molar-refractivity contribution is 5.66. The van der Waals surface area contributed by atoms with Crippen LogP contribution in [-0.4, -0.2) is 33.5 Å². The summed E-state index contributed by atoms with van der Waals surface area (Å²) in [6.45, 7) is 2.24. The first-order valence-corrected chi connectivity index (χ1v) is 13.1. The van der Waals surface area contributed by atoms with Crippen molar-refractivity contribution in [3.05, 3.63) is 0 Å². The van der Waals surface area contributed by atoms with Crippen molar-refractivity contribution in [2.24, 2.45) is 0 Å². The number of carboxylic acids is 1. The molecule has 0 radical (unpaired) electrons. The quantitative estimate of drug-likeness (QED) is 0.140. The van der Waals surface area contributed by atoms with Gasteiger partial charge in [0.1, 0.15) is 0 Å². The molecule has 0 aliphatic heterocycles. The highest BCUT2D eigenvalue weighted by Crippen LogP contribution is 2.16. The van der Waals surface area contributed by atoms with Crippen molar-refractivity contribution >= 4 is 5.97 Å². The summed E-state index contributed by atoms with van der Waals surface area (Å²) in [5, 5.41) is 28.8. The first kappa shape index (κ1) is 29.4. The molecule has 0 fully saturated rings. The van der Waals surface area contributed by atoms with E-state index in [0.29, 0.717) is 6.42 Å². The fourth-order valence-electron chi connectivity index (χ4n) is 4.08. The Labute approximate surface area is 186 Å². The lowest BCUT2D eigenvalue weighted by atomic mass is 10.00. The summed E-state index contributed by atoms with van der Waals surface area (Å²) in [6.07, 6.45) is 23.6. The Kier molecular flexibility index (Phi) is 22.6. The van der Waals surface area contributed by atoms with Crippen molar-refractivity contribution in [3.8, 4) is 0 Å². The van der Waals surface area contributed by atoms with E-state index in [4.69, 9.17) is 5.11 Å². The summed E-state index contributed by atoms with van der Waals surface area (Å²) < 4.78 is 0. The first-order chi connectivity index (χ1) is 14.6. The normalized spacial score (nSPS) is 13.4. The third-order valence-electron chi connectivity index (χ3n) is 6.15. The summed E-state index contributed by atoms with van der Waals surface area (Å²) in [5.41, 5.74) is 0. The molecule has 30 heavy (non-hydrogen) atoms. The van der Waals surface area contributed by atoms with E-state index >= 15 is 0 Å². The Morgan fingerprint density at radius 3 is 1.23 bits per heavy atom. The second-order valence-corrected chi connectivity index (χ2v) is 9.26. The van der Waals surface area contributed by atoms with Gasteiger partial charge >= 0.3 is 5.97 Å². The molecular weight excluding hydrogens is 376 g/mol. The van der Waals surface area contributed by atoms with Gasteiger partial charge < -0.3 is 15.3 Å². The number of carbonyl (C=O) groups is 1. The molecule has 0 aromatic rings. The summed E-state index contributed by atoms with van der Waals surface area (Å²) in [5.74, 6) is -0.681. The van der Waals surface area contributed by atoms with E-state index in [0.717, 1.165) is 57.8 Å². The van der Waals surface area contributed by atoms with Gasteiger partial charge in [-0.1, -0.05) is 110 Å². The smallest absolute Gasteiger partial charge is 0.303 e. The maximum absolute atomic E-state index is 10.4. The Hall–Kier alpha value is -0.610. The van der Waals surface area contributed by atoms with Crippen LogP contribution in [0.15, 0.2) is 0 Å². The highest BCUT2D eigenvalue weighted by atomic mass is 16.4. The van der Waals surface area contributed by atoms with E-state index in [1.165, 1.54) is 77.0 Å². The van der Waals surface area contributed by atoms with E-state index in [1.54, 1.807) is 0 Å². The molecule has 0 aliphatic rings. The van der Waals surface area contributed by atoms with Crippen LogP contribution in [0.4, 0.5) is 0 Å². The molecule has 0 aromatic heterocycles. The Morgan fingerprint density at radius 2 is 0.867 bits per heavy atom. The molecule has 0 rings (SSSR count). The minimum atomic E-state index is -0.681. The minimum Gasteiger partial charge on any atom is -0.481 e. The van der Waals surface area contributed by atoms with Crippen molar-refractivity contribution in [2.75, 3.05) is 0 Å². The summed E-state index contributed by atoms with van der Waals surface area (Å²) >= 11 is 0. The number of hydrogen-bond acceptors (Lipinski definition) is 3. The van der Waals surface area contributed by atoms with Crippen LogP contribution < -0.4 is 0 Å². The van der Waals surface area contributed by atoms with Crippen molar-refractivity contribution in [3.63, 3.8) is 0 Å².